The van der Waals surface area contributed by atoms with Crippen molar-refractivity contribution in [2.24, 2.45) is 5.73 Å². The molecule has 0 atom stereocenters. The molecule has 0 fully saturated rings. The second-order valence-corrected chi connectivity index (χ2v) is 5.24. The Kier molecular flexibility index (Phi) is 22.4. The smallest absolute Gasteiger partial charge is 0.300 e. The lowest BCUT2D eigenvalue weighted by Crippen LogP contribution is -2.23. The van der Waals surface area contributed by atoms with Gasteiger partial charge in [-0.25, -0.2) is 0 Å². The fraction of sp³-hybridized carbons (Fsp3) is 0.938. The molecule has 4 heteroatoms. The maximum absolute atomic E-state index is 9.00. The first kappa shape index (κ1) is 21.7. The molecule has 0 bridgehead atoms. The molecule has 4 nitrogen and oxygen atoms in total. The molecule has 0 amide bonds. The minimum absolute atomic E-state index is 0.762. The molecule has 0 aromatic rings. The maximum atomic E-state index is 9.00. The van der Waals surface area contributed by atoms with Crippen molar-refractivity contribution in [1.29, 1.82) is 0 Å². The van der Waals surface area contributed by atoms with Crippen molar-refractivity contribution in [1.82, 2.24) is 5.32 Å². The van der Waals surface area contributed by atoms with Crippen LogP contribution in [0.25, 0.3) is 0 Å². The van der Waals surface area contributed by atoms with E-state index in [2.05, 4.69) is 12.2 Å². The molecule has 20 heavy (non-hydrogen) atoms. The SMILES string of the molecule is CC(=O)O.CCCCCCCCCCCCNCCN. The van der Waals surface area contributed by atoms with E-state index in [-0.39, 0.29) is 0 Å². The van der Waals surface area contributed by atoms with Gasteiger partial charge in [-0.05, 0) is 13.0 Å². The first-order chi connectivity index (χ1) is 9.65. The normalized spacial score (nSPS) is 9.95. The highest BCUT2D eigenvalue weighted by Crippen LogP contribution is 2.10. The van der Waals surface area contributed by atoms with Gasteiger partial charge in [0, 0.05) is 20.0 Å². The lowest BCUT2D eigenvalue weighted by Gasteiger charge is -2.03. The Morgan fingerprint density at radius 3 is 1.70 bits per heavy atom. The van der Waals surface area contributed by atoms with Gasteiger partial charge in [0.25, 0.3) is 5.97 Å². The summed E-state index contributed by atoms with van der Waals surface area (Å²) in [6.07, 6.45) is 14.1. The lowest BCUT2D eigenvalue weighted by molar-refractivity contribution is -0.134. The predicted molar refractivity (Wildman–Crippen MR) is 87.1 cm³/mol. The molecule has 0 rings (SSSR count). The number of carboxylic acids is 1. The van der Waals surface area contributed by atoms with Crippen LogP contribution in [-0.2, 0) is 4.79 Å². The third kappa shape index (κ3) is 30.4. The van der Waals surface area contributed by atoms with Crippen LogP contribution in [0.2, 0.25) is 0 Å². The predicted octanol–water partition coefficient (Wildman–Crippen LogP) is 3.55. The molecule has 0 saturated carbocycles. The van der Waals surface area contributed by atoms with Crippen molar-refractivity contribution in [2.45, 2.75) is 78.1 Å². The van der Waals surface area contributed by atoms with Crippen LogP contribution in [0.4, 0.5) is 0 Å². The molecular formula is C16H36N2O2. The molecular weight excluding hydrogens is 252 g/mol. The molecule has 0 aliphatic heterocycles. The van der Waals surface area contributed by atoms with Crippen LogP contribution in [0.3, 0.4) is 0 Å². The van der Waals surface area contributed by atoms with E-state index in [4.69, 9.17) is 15.6 Å². The Hall–Kier alpha value is -0.610. The summed E-state index contributed by atoms with van der Waals surface area (Å²) in [5.41, 5.74) is 5.40. The number of nitrogens with one attached hydrogen (secondary N) is 1. The van der Waals surface area contributed by atoms with Gasteiger partial charge in [0.1, 0.15) is 0 Å². The van der Waals surface area contributed by atoms with Crippen molar-refractivity contribution in [2.75, 3.05) is 19.6 Å². The Labute approximate surface area is 125 Å². The highest BCUT2D eigenvalue weighted by atomic mass is 16.4. The zero-order valence-corrected chi connectivity index (χ0v) is 13.6. The van der Waals surface area contributed by atoms with Gasteiger partial charge in [0.05, 0.1) is 0 Å². The van der Waals surface area contributed by atoms with E-state index in [1.165, 1.54) is 64.2 Å². The number of hydrogen-bond donors (Lipinski definition) is 3. The van der Waals surface area contributed by atoms with Crippen LogP contribution in [0.1, 0.15) is 78.1 Å². The molecule has 4 N–H and O–H groups in total. The highest BCUT2D eigenvalue weighted by Gasteiger charge is 1.92. The molecule has 0 aromatic carbocycles. The summed E-state index contributed by atoms with van der Waals surface area (Å²) in [5, 5.41) is 10.8. The summed E-state index contributed by atoms with van der Waals surface area (Å²) in [6.45, 7) is 6.24. The molecule has 0 saturated heterocycles. The van der Waals surface area contributed by atoms with E-state index in [1.54, 1.807) is 0 Å². The van der Waals surface area contributed by atoms with Gasteiger partial charge < -0.3 is 16.2 Å². The number of nitrogens with two attached hydrogens (primary N) is 1. The highest BCUT2D eigenvalue weighted by molar-refractivity contribution is 5.62. The van der Waals surface area contributed by atoms with Crippen LogP contribution >= 0.6 is 0 Å². The molecule has 122 valence electrons. The molecule has 0 heterocycles. The zero-order valence-electron chi connectivity index (χ0n) is 13.6. The van der Waals surface area contributed by atoms with Crippen molar-refractivity contribution in [3.8, 4) is 0 Å². The summed E-state index contributed by atoms with van der Waals surface area (Å²) >= 11 is 0. The van der Waals surface area contributed by atoms with Crippen molar-refractivity contribution < 1.29 is 9.90 Å². The lowest BCUT2D eigenvalue weighted by atomic mass is 10.1. The van der Waals surface area contributed by atoms with Gasteiger partial charge >= 0.3 is 0 Å². The van der Waals surface area contributed by atoms with Crippen molar-refractivity contribution >= 4 is 5.97 Å². The minimum Gasteiger partial charge on any atom is -0.481 e. The fourth-order valence-electron chi connectivity index (χ4n) is 1.96. The standard InChI is InChI=1S/C14H32N2.C2H4O2/c1-2-3-4-5-6-7-8-9-10-11-13-16-14-12-15;1-2(3)4/h16H,2-15H2,1H3;1H3,(H,3,4). The van der Waals surface area contributed by atoms with Gasteiger partial charge in [-0.15, -0.1) is 0 Å². The topological polar surface area (TPSA) is 75.3 Å². The largest absolute Gasteiger partial charge is 0.481 e. The Balaban J connectivity index is 0. The Bertz CT molecular complexity index is 169. The first-order valence-corrected chi connectivity index (χ1v) is 8.25. The third-order valence-corrected chi connectivity index (χ3v) is 3.03. The van der Waals surface area contributed by atoms with E-state index in [0.717, 1.165) is 26.6 Å². The van der Waals surface area contributed by atoms with Crippen LogP contribution in [0.5, 0.6) is 0 Å². The average molecular weight is 288 g/mol. The number of carbonyl (C=O) groups is 1. The summed E-state index contributed by atoms with van der Waals surface area (Å²) < 4.78 is 0. The van der Waals surface area contributed by atoms with E-state index in [0.29, 0.717) is 0 Å². The monoisotopic (exact) mass is 288 g/mol. The number of rotatable bonds is 13. The minimum atomic E-state index is -0.833. The Morgan fingerprint density at radius 1 is 0.900 bits per heavy atom. The number of carboxylic acid groups (broad SMARTS) is 1. The van der Waals surface area contributed by atoms with Crippen LogP contribution in [0.15, 0.2) is 0 Å². The van der Waals surface area contributed by atoms with Crippen molar-refractivity contribution in [3.05, 3.63) is 0 Å². The molecule has 0 aliphatic carbocycles. The van der Waals surface area contributed by atoms with E-state index >= 15 is 0 Å². The summed E-state index contributed by atoms with van der Waals surface area (Å²) in [6, 6.07) is 0. The fourth-order valence-corrected chi connectivity index (χ4v) is 1.96. The molecule has 0 radical (unpaired) electrons. The number of unbranched alkanes of at least 4 members (excludes halogenated alkanes) is 9. The maximum Gasteiger partial charge on any atom is 0.300 e. The van der Waals surface area contributed by atoms with Crippen LogP contribution < -0.4 is 11.1 Å². The number of aliphatic carboxylic acids is 1. The van der Waals surface area contributed by atoms with Crippen LogP contribution in [0, 0.1) is 0 Å². The van der Waals surface area contributed by atoms with E-state index in [1.807, 2.05) is 0 Å². The summed E-state index contributed by atoms with van der Waals surface area (Å²) in [7, 11) is 0. The van der Waals surface area contributed by atoms with Gasteiger partial charge in [-0.1, -0.05) is 64.7 Å². The van der Waals surface area contributed by atoms with Crippen molar-refractivity contribution in [3.63, 3.8) is 0 Å². The van der Waals surface area contributed by atoms with E-state index in [9.17, 15) is 0 Å². The second kappa shape index (κ2) is 20.7. The zero-order chi connectivity index (χ0) is 15.5. The quantitative estimate of drug-likeness (QED) is 0.453. The Morgan fingerprint density at radius 2 is 1.30 bits per heavy atom. The van der Waals surface area contributed by atoms with E-state index < -0.39 is 5.97 Å². The molecule has 0 unspecified atom stereocenters. The molecule has 0 spiro atoms. The van der Waals surface area contributed by atoms with Gasteiger partial charge in [-0.2, -0.15) is 0 Å². The first-order valence-electron chi connectivity index (χ1n) is 8.25. The third-order valence-electron chi connectivity index (χ3n) is 3.03. The van der Waals surface area contributed by atoms with Gasteiger partial charge in [0.2, 0.25) is 0 Å². The molecule has 0 aromatic heterocycles. The average Bonchev–Trinajstić information content (AvgIpc) is 2.39. The molecule has 0 aliphatic rings. The summed E-state index contributed by atoms with van der Waals surface area (Å²) in [5.74, 6) is -0.833. The summed E-state index contributed by atoms with van der Waals surface area (Å²) in [4.78, 5) is 9.00. The van der Waals surface area contributed by atoms with Gasteiger partial charge in [0.15, 0.2) is 0 Å². The number of hydrogen-bond acceptors (Lipinski definition) is 3. The van der Waals surface area contributed by atoms with Gasteiger partial charge in [-0.3, -0.25) is 4.79 Å². The van der Waals surface area contributed by atoms with Crippen LogP contribution in [-0.4, -0.2) is 30.7 Å². The second-order valence-electron chi connectivity index (χ2n) is 5.24.